The van der Waals surface area contributed by atoms with Crippen LogP contribution in [0.3, 0.4) is 0 Å². The predicted octanol–water partition coefficient (Wildman–Crippen LogP) is 3.77. The lowest BCUT2D eigenvalue weighted by Crippen LogP contribution is -2.36. The highest BCUT2D eigenvalue weighted by atomic mass is 79.9. The quantitative estimate of drug-likeness (QED) is 0.898. The van der Waals surface area contributed by atoms with E-state index in [1.165, 1.54) is 6.07 Å². The Morgan fingerprint density at radius 2 is 2.10 bits per heavy atom. The molecule has 0 radical (unpaired) electrons. The van der Waals surface area contributed by atoms with E-state index >= 15 is 0 Å². The molecule has 1 aliphatic rings. The largest absolute Gasteiger partial charge is 0.369 e. The second-order valence-electron chi connectivity index (χ2n) is 5.07. The van der Waals surface area contributed by atoms with E-state index in [-0.39, 0.29) is 11.9 Å². The molecule has 5 heteroatoms. The molecule has 3 rings (SSSR count). The minimum Gasteiger partial charge on any atom is -0.369 e. The molecule has 2 aromatic rings. The molecule has 0 aliphatic carbocycles. The Hall–Kier alpha value is -1.88. The molecule has 1 aliphatic heterocycles. The first-order valence-corrected chi connectivity index (χ1v) is 7.46. The highest BCUT2D eigenvalue weighted by Gasteiger charge is 2.29. The molecule has 0 aromatic heterocycles. The summed E-state index contributed by atoms with van der Waals surface area (Å²) in [5.74, 6) is 0.291. The zero-order valence-corrected chi connectivity index (χ0v) is 13.1. The van der Waals surface area contributed by atoms with E-state index in [1.807, 2.05) is 35.2 Å². The van der Waals surface area contributed by atoms with Crippen LogP contribution in [-0.4, -0.2) is 12.5 Å². The van der Waals surface area contributed by atoms with Gasteiger partial charge in [-0.3, -0.25) is 4.99 Å². The van der Waals surface area contributed by atoms with E-state index in [0.717, 1.165) is 15.7 Å². The summed E-state index contributed by atoms with van der Waals surface area (Å²) in [5, 5.41) is 0. The van der Waals surface area contributed by atoms with Crippen molar-refractivity contribution in [1.29, 1.82) is 0 Å². The first-order chi connectivity index (χ1) is 10.1. The fourth-order valence-corrected chi connectivity index (χ4v) is 2.95. The molecule has 0 bridgehead atoms. The number of hydrogen-bond acceptors (Lipinski definition) is 3. The van der Waals surface area contributed by atoms with E-state index < -0.39 is 0 Å². The zero-order chi connectivity index (χ0) is 15.0. The normalized spacial score (nSPS) is 18.0. The van der Waals surface area contributed by atoms with E-state index in [2.05, 4.69) is 20.9 Å². The second kappa shape index (κ2) is 5.48. The van der Waals surface area contributed by atoms with Crippen LogP contribution < -0.4 is 10.6 Å². The van der Waals surface area contributed by atoms with Gasteiger partial charge in [-0.2, -0.15) is 0 Å². The summed E-state index contributed by atoms with van der Waals surface area (Å²) in [5.41, 5.74) is 8.65. The van der Waals surface area contributed by atoms with Gasteiger partial charge in [0.2, 0.25) is 0 Å². The third-order valence-corrected chi connectivity index (χ3v) is 4.13. The minimum absolute atomic E-state index is 0.00130. The summed E-state index contributed by atoms with van der Waals surface area (Å²) in [6.45, 7) is 2.34. The molecular formula is C16H15BrFN3. The number of nitrogens with zero attached hydrogens (tertiary/aromatic N) is 2. The van der Waals surface area contributed by atoms with Crippen LogP contribution in [0.5, 0.6) is 0 Å². The molecule has 1 heterocycles. The molecule has 0 spiro atoms. The molecule has 1 atom stereocenters. The van der Waals surface area contributed by atoms with Gasteiger partial charge in [0.15, 0.2) is 5.96 Å². The number of halogens is 2. The molecule has 108 valence electrons. The molecule has 0 fully saturated rings. The molecule has 2 N–H and O–H groups in total. The molecule has 3 nitrogen and oxygen atoms in total. The number of anilines is 1. The van der Waals surface area contributed by atoms with Crippen molar-refractivity contribution in [2.24, 2.45) is 10.7 Å². The first kappa shape index (κ1) is 14.1. The number of aliphatic imine (C=N–C) groups is 1. The fourth-order valence-electron chi connectivity index (χ4n) is 2.57. The van der Waals surface area contributed by atoms with Crippen molar-refractivity contribution in [3.05, 3.63) is 63.9 Å². The number of aryl methyl sites for hydroxylation is 1. The van der Waals surface area contributed by atoms with Crippen LogP contribution in [0, 0.1) is 12.7 Å². The molecule has 2 aromatic carbocycles. The Labute approximate surface area is 131 Å². The molecule has 21 heavy (non-hydrogen) atoms. The maximum Gasteiger partial charge on any atom is 0.196 e. The van der Waals surface area contributed by atoms with Gasteiger partial charge in [-0.15, -0.1) is 0 Å². The highest BCUT2D eigenvalue weighted by Crippen LogP contribution is 2.32. The smallest absolute Gasteiger partial charge is 0.196 e. The molecule has 1 unspecified atom stereocenters. The average Bonchev–Trinajstić information content (AvgIpc) is 2.84. The van der Waals surface area contributed by atoms with Crippen LogP contribution in [0.2, 0.25) is 0 Å². The van der Waals surface area contributed by atoms with Gasteiger partial charge in [-0.1, -0.05) is 34.1 Å². The minimum atomic E-state index is -0.195. The van der Waals surface area contributed by atoms with Crippen LogP contribution in [0.1, 0.15) is 17.2 Å². The van der Waals surface area contributed by atoms with Crippen LogP contribution in [0.15, 0.2) is 51.9 Å². The van der Waals surface area contributed by atoms with Crippen LogP contribution in [-0.2, 0) is 0 Å². The summed E-state index contributed by atoms with van der Waals surface area (Å²) in [6.07, 6.45) is 0. The average molecular weight is 348 g/mol. The monoisotopic (exact) mass is 347 g/mol. The Morgan fingerprint density at radius 1 is 1.29 bits per heavy atom. The van der Waals surface area contributed by atoms with Gasteiger partial charge in [0.1, 0.15) is 5.82 Å². The third kappa shape index (κ3) is 2.65. The van der Waals surface area contributed by atoms with Crippen molar-refractivity contribution < 1.29 is 4.39 Å². The van der Waals surface area contributed by atoms with Crippen molar-refractivity contribution >= 4 is 27.6 Å². The molecule has 0 saturated heterocycles. The number of nitrogens with two attached hydrogens (primary N) is 1. The second-order valence-corrected chi connectivity index (χ2v) is 5.99. The molecule has 0 amide bonds. The molecule has 0 saturated carbocycles. The lowest BCUT2D eigenvalue weighted by Gasteiger charge is -2.27. The Kier molecular flexibility index (Phi) is 3.68. The van der Waals surface area contributed by atoms with E-state index in [0.29, 0.717) is 18.1 Å². The summed E-state index contributed by atoms with van der Waals surface area (Å²) in [7, 11) is 0. The van der Waals surface area contributed by atoms with Gasteiger partial charge in [0.25, 0.3) is 0 Å². The van der Waals surface area contributed by atoms with Crippen molar-refractivity contribution in [1.82, 2.24) is 0 Å². The van der Waals surface area contributed by atoms with Crippen molar-refractivity contribution in [2.45, 2.75) is 13.0 Å². The zero-order valence-electron chi connectivity index (χ0n) is 11.6. The van der Waals surface area contributed by atoms with E-state index in [1.54, 1.807) is 13.0 Å². The first-order valence-electron chi connectivity index (χ1n) is 6.67. The van der Waals surface area contributed by atoms with Crippen molar-refractivity contribution in [3.8, 4) is 0 Å². The van der Waals surface area contributed by atoms with Crippen LogP contribution in [0.4, 0.5) is 10.1 Å². The van der Waals surface area contributed by atoms with Crippen LogP contribution in [0.25, 0.3) is 0 Å². The highest BCUT2D eigenvalue weighted by molar-refractivity contribution is 9.10. The third-order valence-electron chi connectivity index (χ3n) is 3.64. The SMILES string of the molecule is Cc1cc(C2CN=C(N)N2c2cccc(Br)c2)ccc1F. The maximum atomic E-state index is 13.5. The van der Waals surface area contributed by atoms with Crippen LogP contribution >= 0.6 is 15.9 Å². The van der Waals surface area contributed by atoms with Gasteiger partial charge in [0, 0.05) is 10.2 Å². The van der Waals surface area contributed by atoms with Gasteiger partial charge in [0.05, 0.1) is 12.6 Å². The Morgan fingerprint density at radius 3 is 2.81 bits per heavy atom. The van der Waals surface area contributed by atoms with Gasteiger partial charge < -0.3 is 10.6 Å². The fraction of sp³-hybridized carbons (Fsp3) is 0.188. The van der Waals surface area contributed by atoms with E-state index in [9.17, 15) is 4.39 Å². The topological polar surface area (TPSA) is 41.6 Å². The van der Waals surface area contributed by atoms with Gasteiger partial charge in [-0.25, -0.2) is 4.39 Å². The Balaban J connectivity index is 2.00. The van der Waals surface area contributed by atoms with E-state index in [4.69, 9.17) is 5.73 Å². The van der Waals surface area contributed by atoms with Gasteiger partial charge in [-0.05, 0) is 42.3 Å². The maximum absolute atomic E-state index is 13.5. The summed E-state index contributed by atoms with van der Waals surface area (Å²) in [4.78, 5) is 6.33. The molecular weight excluding hydrogens is 333 g/mol. The van der Waals surface area contributed by atoms with Crippen molar-refractivity contribution in [3.63, 3.8) is 0 Å². The number of guanidine groups is 1. The summed E-state index contributed by atoms with van der Waals surface area (Å²) in [6, 6.07) is 13.1. The Bertz CT molecular complexity index is 714. The number of benzene rings is 2. The standard InChI is InChI=1S/C16H15BrFN3/c1-10-7-11(5-6-14(10)18)15-9-20-16(19)21(15)13-4-2-3-12(17)8-13/h2-8,15H,9H2,1H3,(H2,19,20). The number of hydrogen-bond donors (Lipinski definition) is 1. The summed E-state index contributed by atoms with van der Waals surface area (Å²) < 4.78 is 14.4. The predicted molar refractivity (Wildman–Crippen MR) is 87.0 cm³/mol. The lowest BCUT2D eigenvalue weighted by molar-refractivity contribution is 0.616. The van der Waals surface area contributed by atoms with Crippen molar-refractivity contribution in [2.75, 3.05) is 11.4 Å². The number of rotatable bonds is 2. The lowest BCUT2D eigenvalue weighted by atomic mass is 10.0. The van der Waals surface area contributed by atoms with Gasteiger partial charge >= 0.3 is 0 Å². The summed E-state index contributed by atoms with van der Waals surface area (Å²) >= 11 is 3.47.